The van der Waals surface area contributed by atoms with Gasteiger partial charge in [0.1, 0.15) is 40.6 Å². The summed E-state index contributed by atoms with van der Waals surface area (Å²) in [5.41, 5.74) is 5.22. The average Bonchev–Trinajstić information content (AvgIpc) is 3.25. The quantitative estimate of drug-likeness (QED) is 0.344. The van der Waals surface area contributed by atoms with Gasteiger partial charge in [0.25, 0.3) is 5.91 Å². The van der Waals surface area contributed by atoms with Gasteiger partial charge in [-0.05, 0) is 62.4 Å². The van der Waals surface area contributed by atoms with Crippen molar-refractivity contribution in [1.29, 1.82) is 0 Å². The topological polar surface area (TPSA) is 140 Å². The number of nitrogens with zero attached hydrogens (tertiary/aromatic N) is 3. The van der Waals surface area contributed by atoms with Crippen LogP contribution in [0.15, 0.2) is 54.7 Å². The van der Waals surface area contributed by atoms with E-state index >= 15 is 0 Å². The van der Waals surface area contributed by atoms with Gasteiger partial charge in [0.15, 0.2) is 0 Å². The molecule has 4 N–H and O–H groups in total. The van der Waals surface area contributed by atoms with Gasteiger partial charge in [0.05, 0.1) is 28.3 Å². The lowest BCUT2D eigenvalue weighted by Gasteiger charge is -2.26. The molecule has 4 aromatic rings. The highest BCUT2D eigenvalue weighted by atomic mass is 35.5. The van der Waals surface area contributed by atoms with E-state index in [2.05, 4.69) is 20.3 Å². The number of amides is 2. The summed E-state index contributed by atoms with van der Waals surface area (Å²) < 4.78 is 19.4. The number of rotatable bonds is 6. The van der Waals surface area contributed by atoms with Crippen LogP contribution in [-0.2, 0) is 15.8 Å². The molecule has 0 aliphatic carbocycles. The number of ether oxygens (including phenoxy) is 1. The van der Waals surface area contributed by atoms with Gasteiger partial charge in [0, 0.05) is 17.3 Å². The SMILES string of the molecule is C[C@](O)(CNC(=O)c1nc2cccnc2cc1Cl)c1cc2c(c(-c3ccc(F)cc3)n1)OC[C@]2(C)C(N)=O. The van der Waals surface area contributed by atoms with Crippen LogP contribution in [0.2, 0.25) is 5.02 Å². The summed E-state index contributed by atoms with van der Waals surface area (Å²) in [5, 5.41) is 14.2. The fourth-order valence-corrected chi connectivity index (χ4v) is 4.46. The third-order valence-electron chi connectivity index (χ3n) is 6.63. The van der Waals surface area contributed by atoms with Gasteiger partial charge in [-0.2, -0.15) is 0 Å². The molecule has 2 atom stereocenters. The number of carbonyl (C=O) groups is 2. The Morgan fingerprint density at radius 2 is 1.95 bits per heavy atom. The molecule has 1 aliphatic heterocycles. The van der Waals surface area contributed by atoms with E-state index in [1.54, 1.807) is 37.4 Å². The van der Waals surface area contributed by atoms with Crippen LogP contribution < -0.4 is 15.8 Å². The van der Waals surface area contributed by atoms with E-state index in [1.165, 1.54) is 31.2 Å². The summed E-state index contributed by atoms with van der Waals surface area (Å²) >= 11 is 6.27. The van der Waals surface area contributed by atoms with E-state index < -0.39 is 28.6 Å². The Balaban J connectivity index is 1.50. The number of primary amides is 1. The zero-order chi connectivity index (χ0) is 27.2. The lowest BCUT2D eigenvalue weighted by Crippen LogP contribution is -2.41. The Labute approximate surface area is 221 Å². The number of pyridine rings is 3. The van der Waals surface area contributed by atoms with Crippen LogP contribution >= 0.6 is 11.6 Å². The number of aromatic nitrogens is 3. The first-order valence-electron chi connectivity index (χ1n) is 11.7. The third-order valence-corrected chi connectivity index (χ3v) is 6.92. The summed E-state index contributed by atoms with van der Waals surface area (Å²) in [6.45, 7) is 2.82. The maximum atomic E-state index is 13.6. The number of halogens is 2. The molecule has 11 heteroatoms. The summed E-state index contributed by atoms with van der Waals surface area (Å²) in [5.74, 6) is -1.33. The van der Waals surface area contributed by atoms with Crippen molar-refractivity contribution in [3.63, 3.8) is 0 Å². The molecule has 4 heterocycles. The lowest BCUT2D eigenvalue weighted by molar-refractivity contribution is -0.123. The number of carbonyl (C=O) groups excluding carboxylic acids is 2. The molecule has 5 rings (SSSR count). The molecular weight excluding hydrogens is 513 g/mol. The first-order valence-corrected chi connectivity index (χ1v) is 12.0. The number of hydrogen-bond donors (Lipinski definition) is 3. The van der Waals surface area contributed by atoms with Crippen molar-refractivity contribution in [2.75, 3.05) is 13.2 Å². The van der Waals surface area contributed by atoms with Crippen molar-refractivity contribution in [1.82, 2.24) is 20.3 Å². The van der Waals surface area contributed by atoms with Crippen molar-refractivity contribution in [2.24, 2.45) is 5.73 Å². The van der Waals surface area contributed by atoms with Crippen molar-refractivity contribution < 1.29 is 23.8 Å². The van der Waals surface area contributed by atoms with Gasteiger partial charge in [-0.1, -0.05) is 11.6 Å². The zero-order valence-electron chi connectivity index (χ0n) is 20.5. The van der Waals surface area contributed by atoms with Crippen LogP contribution in [0.4, 0.5) is 4.39 Å². The normalized spacial score (nSPS) is 17.9. The molecule has 0 saturated carbocycles. The van der Waals surface area contributed by atoms with Gasteiger partial charge < -0.3 is 20.9 Å². The number of benzene rings is 1. The van der Waals surface area contributed by atoms with Crippen molar-refractivity contribution in [3.05, 3.63) is 82.5 Å². The molecule has 38 heavy (non-hydrogen) atoms. The van der Waals surface area contributed by atoms with Gasteiger partial charge in [0.2, 0.25) is 5.91 Å². The molecule has 194 valence electrons. The largest absolute Gasteiger partial charge is 0.489 e. The maximum absolute atomic E-state index is 13.6. The first-order chi connectivity index (χ1) is 18.0. The van der Waals surface area contributed by atoms with Gasteiger partial charge in [-0.25, -0.2) is 14.4 Å². The van der Waals surface area contributed by atoms with E-state index in [0.29, 0.717) is 33.6 Å². The molecule has 0 saturated heterocycles. The fourth-order valence-electron chi connectivity index (χ4n) is 4.23. The second-order valence-electron chi connectivity index (χ2n) is 9.54. The van der Waals surface area contributed by atoms with Gasteiger partial charge in [-0.3, -0.25) is 14.6 Å². The van der Waals surface area contributed by atoms with Crippen molar-refractivity contribution >= 4 is 34.4 Å². The molecule has 0 bridgehead atoms. The minimum atomic E-state index is -1.70. The summed E-state index contributed by atoms with van der Waals surface area (Å²) in [6, 6.07) is 12.1. The molecule has 1 aromatic carbocycles. The van der Waals surface area contributed by atoms with Crippen LogP contribution in [0.1, 0.15) is 35.6 Å². The van der Waals surface area contributed by atoms with Crippen LogP contribution in [0.25, 0.3) is 22.3 Å². The molecule has 3 aromatic heterocycles. The number of nitrogens with one attached hydrogen (secondary N) is 1. The van der Waals surface area contributed by atoms with Crippen LogP contribution in [0.3, 0.4) is 0 Å². The van der Waals surface area contributed by atoms with E-state index in [1.807, 2.05) is 0 Å². The highest BCUT2D eigenvalue weighted by Gasteiger charge is 2.45. The minimum Gasteiger partial charge on any atom is -0.489 e. The Bertz CT molecular complexity index is 1590. The molecule has 0 fully saturated rings. The molecule has 9 nitrogen and oxygen atoms in total. The second-order valence-corrected chi connectivity index (χ2v) is 9.95. The third kappa shape index (κ3) is 4.42. The van der Waals surface area contributed by atoms with Crippen molar-refractivity contribution in [2.45, 2.75) is 24.9 Å². The van der Waals surface area contributed by atoms with Gasteiger partial charge >= 0.3 is 0 Å². The predicted octanol–water partition coefficient (Wildman–Crippen LogP) is 3.26. The molecular formula is C27H23ClFN5O4. The summed E-state index contributed by atoms with van der Waals surface area (Å²) in [7, 11) is 0. The highest BCUT2D eigenvalue weighted by Crippen LogP contribution is 2.45. The first kappa shape index (κ1) is 25.5. The van der Waals surface area contributed by atoms with Gasteiger partial charge in [-0.15, -0.1) is 0 Å². The number of nitrogens with two attached hydrogens (primary N) is 1. The van der Waals surface area contributed by atoms with E-state index in [4.69, 9.17) is 22.1 Å². The predicted molar refractivity (Wildman–Crippen MR) is 138 cm³/mol. The number of aliphatic hydroxyl groups is 1. The van der Waals surface area contributed by atoms with E-state index in [9.17, 15) is 19.1 Å². The standard InChI is InChI=1S/C27H23ClFN5O4/c1-26(25(30)36)13-38-23-16(26)10-20(34-21(23)14-5-7-15(29)8-6-14)27(2,37)12-32-24(35)22-17(28)11-19-18(33-22)4-3-9-31-19/h3-11,37H,12-13H2,1-2H3,(H2,30,36)(H,32,35)/t26-,27-/m0/s1. The Kier molecular flexibility index (Phi) is 6.24. The minimum absolute atomic E-state index is 0.0170. The van der Waals surface area contributed by atoms with E-state index in [0.717, 1.165) is 0 Å². The zero-order valence-corrected chi connectivity index (χ0v) is 21.2. The summed E-state index contributed by atoms with van der Waals surface area (Å²) in [4.78, 5) is 38.4. The number of hydrogen-bond acceptors (Lipinski definition) is 7. The van der Waals surface area contributed by atoms with Crippen LogP contribution in [-0.4, -0.2) is 45.0 Å². The van der Waals surface area contributed by atoms with Crippen LogP contribution in [0.5, 0.6) is 5.75 Å². The second kappa shape index (κ2) is 9.30. The Morgan fingerprint density at radius 3 is 2.66 bits per heavy atom. The smallest absolute Gasteiger partial charge is 0.271 e. The molecule has 1 aliphatic rings. The maximum Gasteiger partial charge on any atom is 0.271 e. The molecule has 0 unspecified atom stereocenters. The number of fused-ring (bicyclic) bond motifs is 2. The fraction of sp³-hybridized carbons (Fsp3) is 0.222. The molecule has 2 amide bonds. The lowest BCUT2D eigenvalue weighted by atomic mass is 9.82. The molecule has 0 radical (unpaired) electrons. The van der Waals surface area contributed by atoms with E-state index in [-0.39, 0.29) is 29.6 Å². The Morgan fingerprint density at radius 1 is 1.21 bits per heavy atom. The van der Waals surface area contributed by atoms with Crippen molar-refractivity contribution in [3.8, 4) is 17.0 Å². The highest BCUT2D eigenvalue weighted by molar-refractivity contribution is 6.34. The van der Waals surface area contributed by atoms with Crippen LogP contribution in [0, 0.1) is 5.82 Å². The Hall–Kier alpha value is -4.15. The summed E-state index contributed by atoms with van der Waals surface area (Å²) in [6.07, 6.45) is 1.59. The molecule has 0 spiro atoms. The monoisotopic (exact) mass is 535 g/mol. The average molecular weight is 536 g/mol.